The maximum Gasteiger partial charge on any atom is 0.145 e. The zero-order chi connectivity index (χ0) is 9.26. The number of hydrogen-bond donors (Lipinski definition) is 2. The number of para-hydroxylation sites is 1. The highest BCUT2D eigenvalue weighted by atomic mass is 16.5. The summed E-state index contributed by atoms with van der Waals surface area (Å²) < 4.78 is 5.54. The van der Waals surface area contributed by atoms with E-state index < -0.39 is 0 Å². The normalized spacial score (nSPS) is 20.5. The fourth-order valence-electron chi connectivity index (χ4n) is 1.62. The quantitative estimate of drug-likeness (QED) is 0.631. The Hall–Kier alpha value is -1.22. The van der Waals surface area contributed by atoms with E-state index >= 15 is 0 Å². The standard InChI is InChI=1S/C10H13NO2/c11-9-3-1-2-7-4-5-8(6-12)13-10(7)9/h1-3,8,12H,4-6,11H2/t8-/m1/s1. The van der Waals surface area contributed by atoms with Crippen molar-refractivity contribution in [1.82, 2.24) is 0 Å². The summed E-state index contributed by atoms with van der Waals surface area (Å²) in [5, 5.41) is 8.94. The fraction of sp³-hybridized carbons (Fsp3) is 0.400. The second kappa shape index (κ2) is 3.26. The van der Waals surface area contributed by atoms with Crippen molar-refractivity contribution in [2.45, 2.75) is 18.9 Å². The van der Waals surface area contributed by atoms with Crippen molar-refractivity contribution in [1.29, 1.82) is 0 Å². The van der Waals surface area contributed by atoms with E-state index in [4.69, 9.17) is 15.6 Å². The van der Waals surface area contributed by atoms with Crippen LogP contribution in [0.5, 0.6) is 5.75 Å². The summed E-state index contributed by atoms with van der Waals surface area (Å²) in [4.78, 5) is 0. The van der Waals surface area contributed by atoms with Crippen LogP contribution in [0.1, 0.15) is 12.0 Å². The van der Waals surface area contributed by atoms with Gasteiger partial charge >= 0.3 is 0 Å². The van der Waals surface area contributed by atoms with Crippen molar-refractivity contribution in [3.05, 3.63) is 23.8 Å². The first-order valence-electron chi connectivity index (χ1n) is 4.46. The van der Waals surface area contributed by atoms with Crippen LogP contribution in [0.2, 0.25) is 0 Å². The molecule has 0 aromatic heterocycles. The average molecular weight is 179 g/mol. The van der Waals surface area contributed by atoms with Crippen LogP contribution in [-0.4, -0.2) is 17.8 Å². The Bertz CT molecular complexity index is 312. The van der Waals surface area contributed by atoms with Crippen LogP contribution < -0.4 is 10.5 Å². The molecule has 1 aromatic carbocycles. The lowest BCUT2D eigenvalue weighted by molar-refractivity contribution is 0.0986. The maximum absolute atomic E-state index is 8.94. The number of aliphatic hydroxyl groups is 1. The highest BCUT2D eigenvalue weighted by Crippen LogP contribution is 2.32. The van der Waals surface area contributed by atoms with Gasteiger partial charge in [0.2, 0.25) is 0 Å². The number of rotatable bonds is 1. The van der Waals surface area contributed by atoms with Crippen LogP contribution in [0.25, 0.3) is 0 Å². The largest absolute Gasteiger partial charge is 0.486 e. The van der Waals surface area contributed by atoms with Gasteiger partial charge in [0.05, 0.1) is 12.3 Å². The molecule has 0 radical (unpaired) electrons. The lowest BCUT2D eigenvalue weighted by atomic mass is 10.0. The SMILES string of the molecule is Nc1cccc2c1O[C@@H](CO)CC2. The van der Waals surface area contributed by atoms with E-state index in [1.807, 2.05) is 18.2 Å². The van der Waals surface area contributed by atoms with E-state index in [-0.39, 0.29) is 12.7 Å². The number of benzene rings is 1. The molecule has 0 bridgehead atoms. The summed E-state index contributed by atoms with van der Waals surface area (Å²) in [6.07, 6.45) is 1.72. The second-order valence-corrected chi connectivity index (χ2v) is 3.30. The Morgan fingerprint density at radius 3 is 3.15 bits per heavy atom. The van der Waals surface area contributed by atoms with Gasteiger partial charge in [-0.3, -0.25) is 0 Å². The van der Waals surface area contributed by atoms with Gasteiger partial charge in [-0.05, 0) is 24.5 Å². The van der Waals surface area contributed by atoms with Crippen LogP contribution in [0, 0.1) is 0 Å². The van der Waals surface area contributed by atoms with Crippen molar-refractivity contribution in [2.24, 2.45) is 0 Å². The summed E-state index contributed by atoms with van der Waals surface area (Å²) in [6.45, 7) is 0.0633. The highest BCUT2D eigenvalue weighted by molar-refractivity contribution is 5.57. The number of nitrogen functional groups attached to an aromatic ring is 1. The summed E-state index contributed by atoms with van der Waals surface area (Å²) in [5.74, 6) is 0.757. The lowest BCUT2D eigenvalue weighted by Gasteiger charge is -2.25. The third kappa shape index (κ3) is 1.47. The molecular weight excluding hydrogens is 166 g/mol. The fourth-order valence-corrected chi connectivity index (χ4v) is 1.62. The number of anilines is 1. The highest BCUT2D eigenvalue weighted by Gasteiger charge is 2.20. The van der Waals surface area contributed by atoms with E-state index in [0.29, 0.717) is 5.69 Å². The van der Waals surface area contributed by atoms with E-state index in [1.54, 1.807) is 0 Å². The minimum absolute atomic E-state index is 0.0633. The Labute approximate surface area is 77.1 Å². The molecule has 1 aliphatic heterocycles. The Morgan fingerprint density at radius 2 is 2.38 bits per heavy atom. The molecule has 0 aliphatic carbocycles. The van der Waals surface area contributed by atoms with Crippen LogP contribution in [0.3, 0.4) is 0 Å². The summed E-state index contributed by atoms with van der Waals surface area (Å²) in [7, 11) is 0. The van der Waals surface area contributed by atoms with Crippen molar-refractivity contribution >= 4 is 5.69 Å². The van der Waals surface area contributed by atoms with E-state index in [9.17, 15) is 0 Å². The van der Waals surface area contributed by atoms with Gasteiger partial charge in [0.15, 0.2) is 0 Å². The van der Waals surface area contributed by atoms with Gasteiger partial charge in [-0.15, -0.1) is 0 Å². The number of nitrogens with two attached hydrogens (primary N) is 1. The van der Waals surface area contributed by atoms with E-state index in [1.165, 1.54) is 0 Å². The van der Waals surface area contributed by atoms with Crippen LogP contribution in [-0.2, 0) is 6.42 Å². The molecule has 1 aromatic rings. The molecule has 1 aliphatic rings. The number of fused-ring (bicyclic) bond motifs is 1. The molecule has 3 N–H and O–H groups in total. The molecule has 0 spiro atoms. The molecular formula is C10H13NO2. The van der Waals surface area contributed by atoms with Crippen LogP contribution >= 0.6 is 0 Å². The molecule has 1 atom stereocenters. The van der Waals surface area contributed by atoms with E-state index in [0.717, 1.165) is 24.2 Å². The van der Waals surface area contributed by atoms with Crippen LogP contribution in [0.15, 0.2) is 18.2 Å². The number of hydrogen-bond acceptors (Lipinski definition) is 3. The van der Waals surface area contributed by atoms with Gasteiger partial charge < -0.3 is 15.6 Å². The molecule has 70 valence electrons. The Morgan fingerprint density at radius 1 is 1.54 bits per heavy atom. The van der Waals surface area contributed by atoms with Crippen molar-refractivity contribution in [2.75, 3.05) is 12.3 Å². The molecule has 2 rings (SSSR count). The smallest absolute Gasteiger partial charge is 0.145 e. The van der Waals surface area contributed by atoms with Gasteiger partial charge in [-0.25, -0.2) is 0 Å². The summed E-state index contributed by atoms with van der Waals surface area (Å²) >= 11 is 0. The third-order valence-corrected chi connectivity index (χ3v) is 2.35. The van der Waals surface area contributed by atoms with Crippen molar-refractivity contribution in [3.8, 4) is 5.75 Å². The Kier molecular flexibility index (Phi) is 2.10. The minimum Gasteiger partial charge on any atom is -0.486 e. The molecule has 13 heavy (non-hydrogen) atoms. The number of aliphatic hydroxyl groups excluding tert-OH is 1. The summed E-state index contributed by atoms with van der Waals surface area (Å²) in [6, 6.07) is 5.76. The van der Waals surface area contributed by atoms with Gasteiger partial charge in [0, 0.05) is 0 Å². The molecule has 0 saturated heterocycles. The average Bonchev–Trinajstić information content (AvgIpc) is 2.18. The first-order chi connectivity index (χ1) is 6.31. The molecule has 0 saturated carbocycles. The van der Waals surface area contributed by atoms with Gasteiger partial charge in [0.1, 0.15) is 11.9 Å². The van der Waals surface area contributed by atoms with E-state index in [2.05, 4.69) is 0 Å². The van der Waals surface area contributed by atoms with Crippen LogP contribution in [0.4, 0.5) is 5.69 Å². The topological polar surface area (TPSA) is 55.5 Å². The minimum atomic E-state index is -0.0859. The van der Waals surface area contributed by atoms with Crippen molar-refractivity contribution < 1.29 is 9.84 Å². The van der Waals surface area contributed by atoms with Crippen molar-refractivity contribution in [3.63, 3.8) is 0 Å². The predicted molar refractivity (Wildman–Crippen MR) is 50.7 cm³/mol. The molecule has 3 nitrogen and oxygen atoms in total. The third-order valence-electron chi connectivity index (χ3n) is 2.35. The second-order valence-electron chi connectivity index (χ2n) is 3.30. The maximum atomic E-state index is 8.94. The monoisotopic (exact) mass is 179 g/mol. The number of ether oxygens (including phenoxy) is 1. The first-order valence-corrected chi connectivity index (χ1v) is 4.46. The van der Waals surface area contributed by atoms with Gasteiger partial charge in [0.25, 0.3) is 0 Å². The molecule has 0 fully saturated rings. The molecule has 0 unspecified atom stereocenters. The zero-order valence-electron chi connectivity index (χ0n) is 7.36. The lowest BCUT2D eigenvalue weighted by Crippen LogP contribution is -2.26. The van der Waals surface area contributed by atoms with Gasteiger partial charge in [-0.2, -0.15) is 0 Å². The molecule has 1 heterocycles. The molecule has 0 amide bonds. The first kappa shape index (κ1) is 8.38. The summed E-state index contributed by atoms with van der Waals surface area (Å²) in [5.41, 5.74) is 7.56. The predicted octanol–water partition coefficient (Wildman–Crippen LogP) is 0.955. The zero-order valence-corrected chi connectivity index (χ0v) is 7.36. The van der Waals surface area contributed by atoms with Gasteiger partial charge in [-0.1, -0.05) is 12.1 Å². The Balaban J connectivity index is 2.32. The number of aryl methyl sites for hydroxylation is 1. The molecule has 3 heteroatoms.